The Labute approximate surface area is 101 Å². The number of carbonyl (C=O) groups is 2. The lowest BCUT2D eigenvalue weighted by Gasteiger charge is -2.20. The van der Waals surface area contributed by atoms with E-state index < -0.39 is 5.97 Å². The van der Waals surface area contributed by atoms with E-state index in [2.05, 4.69) is 4.74 Å². The first-order valence-corrected chi connectivity index (χ1v) is 6.02. The van der Waals surface area contributed by atoms with Crippen molar-refractivity contribution < 1.29 is 14.3 Å². The van der Waals surface area contributed by atoms with Crippen LogP contribution in [0.4, 0.5) is 0 Å². The predicted molar refractivity (Wildman–Crippen MR) is 63.3 cm³/mol. The van der Waals surface area contributed by atoms with Crippen LogP contribution in [0.2, 0.25) is 0 Å². The molecule has 3 heteroatoms. The van der Waals surface area contributed by atoms with E-state index in [1.807, 2.05) is 30.3 Å². The fraction of sp³-hybridized carbons (Fsp3) is 0.429. The molecular weight excluding hydrogens is 216 g/mol. The van der Waals surface area contributed by atoms with Crippen LogP contribution in [0.15, 0.2) is 30.3 Å². The summed E-state index contributed by atoms with van der Waals surface area (Å²) in [5, 5.41) is 0. The third kappa shape index (κ3) is 2.73. The largest absolute Gasteiger partial charge is 0.395 e. The molecule has 3 nitrogen and oxygen atoms in total. The molecule has 17 heavy (non-hydrogen) atoms. The van der Waals surface area contributed by atoms with Crippen molar-refractivity contribution in [3.05, 3.63) is 35.9 Å². The molecule has 1 unspecified atom stereocenters. The summed E-state index contributed by atoms with van der Waals surface area (Å²) in [4.78, 5) is 22.2. The fourth-order valence-corrected chi connectivity index (χ4v) is 2.67. The number of rotatable bonds is 4. The van der Waals surface area contributed by atoms with Crippen molar-refractivity contribution in [1.82, 2.24) is 0 Å². The molecule has 90 valence electrons. The molecule has 0 spiro atoms. The van der Waals surface area contributed by atoms with Gasteiger partial charge in [-0.2, -0.15) is 0 Å². The molecule has 0 amide bonds. The van der Waals surface area contributed by atoms with Crippen molar-refractivity contribution in [1.29, 1.82) is 0 Å². The highest BCUT2D eigenvalue weighted by molar-refractivity contribution is 5.83. The number of hydrogen-bond donors (Lipinski definition) is 0. The van der Waals surface area contributed by atoms with E-state index in [0.717, 1.165) is 31.2 Å². The molecule has 1 fully saturated rings. The first-order chi connectivity index (χ1) is 8.33. The molecule has 0 aromatic heterocycles. The third-order valence-corrected chi connectivity index (χ3v) is 3.45. The van der Waals surface area contributed by atoms with E-state index in [4.69, 9.17) is 0 Å². The Hall–Kier alpha value is -1.64. The second-order valence-corrected chi connectivity index (χ2v) is 4.47. The first kappa shape index (κ1) is 11.8. The Morgan fingerprint density at radius 3 is 2.47 bits per heavy atom. The maximum atomic E-state index is 11.9. The van der Waals surface area contributed by atoms with Crippen molar-refractivity contribution in [2.75, 3.05) is 0 Å². The molecule has 1 atom stereocenters. The summed E-state index contributed by atoms with van der Waals surface area (Å²) in [6.45, 7) is 0.229. The minimum Gasteiger partial charge on any atom is -0.395 e. The molecule has 1 aromatic rings. The SMILES string of the molecule is O=COC(=O)C(c1ccccc1)C1CCCC1. The summed E-state index contributed by atoms with van der Waals surface area (Å²) in [6.07, 6.45) is 4.38. The normalized spacial score (nSPS) is 17.6. The standard InChI is InChI=1S/C14H16O3/c15-10-17-14(16)13(12-8-4-5-9-12)11-6-2-1-3-7-11/h1-3,6-7,10,12-13H,4-5,8-9H2. The topological polar surface area (TPSA) is 43.4 Å². The van der Waals surface area contributed by atoms with Gasteiger partial charge in [0.15, 0.2) is 0 Å². The summed E-state index contributed by atoms with van der Waals surface area (Å²) in [7, 11) is 0. The molecule has 0 heterocycles. The quantitative estimate of drug-likeness (QED) is 0.455. The van der Waals surface area contributed by atoms with Gasteiger partial charge in [0.05, 0.1) is 5.92 Å². The Kier molecular flexibility index (Phi) is 3.91. The van der Waals surface area contributed by atoms with Crippen LogP contribution in [0.5, 0.6) is 0 Å². The van der Waals surface area contributed by atoms with Crippen molar-refractivity contribution in [2.45, 2.75) is 31.6 Å². The van der Waals surface area contributed by atoms with Gasteiger partial charge in [0, 0.05) is 0 Å². The molecule has 0 aliphatic heterocycles. The first-order valence-electron chi connectivity index (χ1n) is 6.02. The third-order valence-electron chi connectivity index (χ3n) is 3.45. The number of ether oxygens (including phenoxy) is 1. The fourth-order valence-electron chi connectivity index (χ4n) is 2.67. The van der Waals surface area contributed by atoms with Crippen molar-refractivity contribution in [3.8, 4) is 0 Å². The molecule has 0 saturated heterocycles. The van der Waals surface area contributed by atoms with Gasteiger partial charge < -0.3 is 4.74 Å². The zero-order valence-electron chi connectivity index (χ0n) is 9.67. The zero-order chi connectivity index (χ0) is 12.1. The summed E-state index contributed by atoms with van der Waals surface area (Å²) in [6, 6.07) is 9.58. The molecule has 0 radical (unpaired) electrons. The van der Waals surface area contributed by atoms with Gasteiger partial charge in [-0.25, -0.2) is 0 Å². The van der Waals surface area contributed by atoms with Gasteiger partial charge in [-0.3, -0.25) is 9.59 Å². The number of carbonyl (C=O) groups excluding carboxylic acids is 2. The Bertz CT molecular complexity index is 380. The van der Waals surface area contributed by atoms with E-state index in [1.165, 1.54) is 0 Å². The van der Waals surface area contributed by atoms with Gasteiger partial charge in [-0.15, -0.1) is 0 Å². The van der Waals surface area contributed by atoms with Crippen LogP contribution in [-0.4, -0.2) is 12.4 Å². The Morgan fingerprint density at radius 1 is 1.24 bits per heavy atom. The number of hydrogen-bond acceptors (Lipinski definition) is 3. The van der Waals surface area contributed by atoms with Crippen LogP contribution in [0.25, 0.3) is 0 Å². The highest BCUT2D eigenvalue weighted by Gasteiger charge is 2.33. The molecular formula is C14H16O3. The van der Waals surface area contributed by atoms with E-state index in [0.29, 0.717) is 5.92 Å². The average molecular weight is 232 g/mol. The smallest absolute Gasteiger partial charge is 0.321 e. The van der Waals surface area contributed by atoms with Gasteiger partial charge in [-0.05, 0) is 24.3 Å². The zero-order valence-corrected chi connectivity index (χ0v) is 9.67. The molecule has 0 bridgehead atoms. The lowest BCUT2D eigenvalue weighted by atomic mass is 9.85. The van der Waals surface area contributed by atoms with E-state index in [9.17, 15) is 9.59 Å². The molecule has 0 N–H and O–H groups in total. The summed E-state index contributed by atoms with van der Waals surface area (Å²) in [5.41, 5.74) is 0.950. The minimum atomic E-state index is -0.418. The highest BCUT2D eigenvalue weighted by Crippen LogP contribution is 2.37. The Balaban J connectivity index is 2.23. The van der Waals surface area contributed by atoms with Crippen LogP contribution in [0.1, 0.15) is 37.2 Å². The molecule has 1 aliphatic rings. The summed E-state index contributed by atoms with van der Waals surface area (Å²) in [5.74, 6) is -0.396. The van der Waals surface area contributed by atoms with Crippen LogP contribution in [0, 0.1) is 5.92 Å². The highest BCUT2D eigenvalue weighted by atomic mass is 16.6. The van der Waals surface area contributed by atoms with Gasteiger partial charge >= 0.3 is 12.4 Å². The number of esters is 1. The van der Waals surface area contributed by atoms with Gasteiger partial charge in [-0.1, -0.05) is 43.2 Å². The monoisotopic (exact) mass is 232 g/mol. The molecule has 1 saturated carbocycles. The van der Waals surface area contributed by atoms with Gasteiger partial charge in [0.2, 0.25) is 0 Å². The summed E-state index contributed by atoms with van der Waals surface area (Å²) < 4.78 is 4.55. The lowest BCUT2D eigenvalue weighted by Crippen LogP contribution is -2.22. The number of benzene rings is 1. The van der Waals surface area contributed by atoms with E-state index in [1.54, 1.807) is 0 Å². The van der Waals surface area contributed by atoms with Crippen LogP contribution in [-0.2, 0) is 14.3 Å². The van der Waals surface area contributed by atoms with Crippen LogP contribution in [0.3, 0.4) is 0 Å². The summed E-state index contributed by atoms with van der Waals surface area (Å²) >= 11 is 0. The van der Waals surface area contributed by atoms with Crippen molar-refractivity contribution >= 4 is 12.4 Å². The molecule has 1 aliphatic carbocycles. The second kappa shape index (κ2) is 5.62. The van der Waals surface area contributed by atoms with E-state index >= 15 is 0 Å². The molecule has 2 rings (SSSR count). The van der Waals surface area contributed by atoms with Crippen molar-refractivity contribution in [3.63, 3.8) is 0 Å². The maximum Gasteiger partial charge on any atom is 0.321 e. The van der Waals surface area contributed by atoms with Crippen molar-refractivity contribution in [2.24, 2.45) is 5.92 Å². The van der Waals surface area contributed by atoms with Gasteiger partial charge in [0.1, 0.15) is 0 Å². The van der Waals surface area contributed by atoms with Crippen LogP contribution < -0.4 is 0 Å². The minimum absolute atomic E-state index is 0.229. The van der Waals surface area contributed by atoms with Gasteiger partial charge in [0.25, 0.3) is 0 Å². The molecule has 1 aromatic carbocycles. The van der Waals surface area contributed by atoms with Crippen LogP contribution >= 0.6 is 0 Å². The second-order valence-electron chi connectivity index (χ2n) is 4.47. The van der Waals surface area contributed by atoms with E-state index in [-0.39, 0.29) is 12.4 Å². The lowest BCUT2D eigenvalue weighted by molar-refractivity contribution is -0.153. The maximum absolute atomic E-state index is 11.9. The average Bonchev–Trinajstić information content (AvgIpc) is 2.85. The predicted octanol–water partition coefficient (Wildman–Crippen LogP) is 2.66. The Morgan fingerprint density at radius 2 is 1.88 bits per heavy atom.